The molecular formula is C9H12Cl2Mg. The molecule has 0 amide bonds. The van der Waals surface area contributed by atoms with Gasteiger partial charge in [0.2, 0.25) is 0 Å². The fourth-order valence-corrected chi connectivity index (χ4v) is 0.933. The van der Waals surface area contributed by atoms with Crippen LogP contribution in [0.15, 0.2) is 30.3 Å². The number of rotatable bonds is 2. The van der Waals surface area contributed by atoms with Gasteiger partial charge in [-0.15, -0.1) is 0 Å². The third-order valence-corrected chi connectivity index (χ3v) is 1.38. The van der Waals surface area contributed by atoms with Gasteiger partial charge in [0.15, 0.2) is 0 Å². The van der Waals surface area contributed by atoms with Crippen LogP contribution in [0.1, 0.15) is 18.9 Å². The maximum Gasteiger partial charge on any atom is 2.00 e. The molecule has 0 N–H and O–H groups in total. The Bertz CT molecular complexity index is 165. The van der Waals surface area contributed by atoms with E-state index in [4.69, 9.17) is 0 Å². The van der Waals surface area contributed by atoms with Crippen molar-refractivity contribution in [2.45, 2.75) is 19.8 Å². The first-order valence-corrected chi connectivity index (χ1v) is 3.47. The van der Waals surface area contributed by atoms with Crippen LogP contribution in [-0.4, -0.2) is 23.1 Å². The van der Waals surface area contributed by atoms with E-state index in [1.807, 2.05) is 0 Å². The maximum atomic E-state index is 2.20. The summed E-state index contributed by atoms with van der Waals surface area (Å²) in [6.07, 6.45) is 2.45. The molecule has 3 heteroatoms. The molecule has 0 aliphatic heterocycles. The Morgan fingerprint density at radius 1 is 1.00 bits per heavy atom. The topological polar surface area (TPSA) is 0 Å². The Kier molecular flexibility index (Phi) is 17.7. The molecule has 0 radical (unpaired) electrons. The van der Waals surface area contributed by atoms with Crippen LogP contribution in [0.5, 0.6) is 0 Å². The van der Waals surface area contributed by atoms with Crippen LogP contribution in [0.2, 0.25) is 0 Å². The number of benzene rings is 1. The van der Waals surface area contributed by atoms with E-state index in [1.165, 1.54) is 18.4 Å². The summed E-state index contributed by atoms with van der Waals surface area (Å²) in [6, 6.07) is 10.6. The standard InChI is InChI=1S/C9H12.2ClH.Mg/c1-2-6-9-7-4-3-5-8-9;;;/h3-5,7-8H,2,6H2,1H3;2*1H;/q;;;+2/p-2. The number of halogens is 2. The molecule has 0 aliphatic carbocycles. The van der Waals surface area contributed by atoms with Crippen LogP contribution in [0.4, 0.5) is 0 Å². The zero-order valence-corrected chi connectivity index (χ0v) is 10.2. The first-order chi connectivity index (χ1) is 4.43. The van der Waals surface area contributed by atoms with Gasteiger partial charge in [-0.05, 0) is 12.0 Å². The van der Waals surface area contributed by atoms with Crippen molar-refractivity contribution in [2.24, 2.45) is 0 Å². The van der Waals surface area contributed by atoms with Gasteiger partial charge in [0.25, 0.3) is 0 Å². The van der Waals surface area contributed by atoms with Crippen molar-refractivity contribution in [3.63, 3.8) is 0 Å². The molecule has 0 saturated carbocycles. The van der Waals surface area contributed by atoms with Crippen LogP contribution in [0.25, 0.3) is 0 Å². The average molecular weight is 215 g/mol. The van der Waals surface area contributed by atoms with Gasteiger partial charge in [-0.3, -0.25) is 0 Å². The van der Waals surface area contributed by atoms with Crippen molar-refractivity contribution in [2.75, 3.05) is 0 Å². The molecule has 0 bridgehead atoms. The molecule has 12 heavy (non-hydrogen) atoms. The van der Waals surface area contributed by atoms with Crippen molar-refractivity contribution in [3.8, 4) is 0 Å². The third kappa shape index (κ3) is 7.23. The quantitative estimate of drug-likeness (QED) is 0.445. The van der Waals surface area contributed by atoms with Crippen molar-refractivity contribution in [1.82, 2.24) is 0 Å². The van der Waals surface area contributed by atoms with E-state index in [9.17, 15) is 0 Å². The predicted molar refractivity (Wildman–Crippen MR) is 46.2 cm³/mol. The average Bonchev–Trinajstić information content (AvgIpc) is 1.91. The molecule has 1 aromatic carbocycles. The van der Waals surface area contributed by atoms with Crippen LogP contribution < -0.4 is 24.8 Å². The van der Waals surface area contributed by atoms with Crippen molar-refractivity contribution in [3.05, 3.63) is 35.9 Å². The summed E-state index contributed by atoms with van der Waals surface area (Å²) in [6.45, 7) is 2.20. The van der Waals surface area contributed by atoms with Gasteiger partial charge >= 0.3 is 23.1 Å². The van der Waals surface area contributed by atoms with E-state index in [-0.39, 0.29) is 47.9 Å². The SMILES string of the molecule is CCCc1ccccc1.[Cl-].[Cl-].[Mg+2]. The first kappa shape index (κ1) is 18.4. The van der Waals surface area contributed by atoms with Crippen LogP contribution >= 0.6 is 0 Å². The molecule has 0 saturated heterocycles. The monoisotopic (exact) mass is 214 g/mol. The fraction of sp³-hybridized carbons (Fsp3) is 0.333. The number of hydrogen-bond acceptors (Lipinski definition) is 0. The van der Waals surface area contributed by atoms with Gasteiger partial charge in [0.05, 0.1) is 0 Å². The van der Waals surface area contributed by atoms with Gasteiger partial charge in [-0.1, -0.05) is 43.7 Å². The number of hydrogen-bond donors (Lipinski definition) is 0. The van der Waals surface area contributed by atoms with E-state index in [1.54, 1.807) is 0 Å². The zero-order chi connectivity index (χ0) is 6.53. The smallest absolute Gasteiger partial charge is 1.00 e. The summed E-state index contributed by atoms with van der Waals surface area (Å²) >= 11 is 0. The molecule has 0 aromatic heterocycles. The van der Waals surface area contributed by atoms with Crippen LogP contribution in [0, 0.1) is 0 Å². The summed E-state index contributed by atoms with van der Waals surface area (Å²) in [4.78, 5) is 0. The Labute approximate surface area is 103 Å². The summed E-state index contributed by atoms with van der Waals surface area (Å²) in [5.74, 6) is 0. The zero-order valence-electron chi connectivity index (χ0n) is 7.26. The fourth-order valence-electron chi connectivity index (χ4n) is 0.933. The van der Waals surface area contributed by atoms with Gasteiger partial charge in [0, 0.05) is 0 Å². The van der Waals surface area contributed by atoms with E-state index in [2.05, 4.69) is 37.3 Å². The van der Waals surface area contributed by atoms with Gasteiger partial charge in [-0.25, -0.2) is 0 Å². The van der Waals surface area contributed by atoms with Crippen molar-refractivity contribution < 1.29 is 24.8 Å². The van der Waals surface area contributed by atoms with E-state index >= 15 is 0 Å². The molecule has 1 rings (SSSR count). The molecule has 0 unspecified atom stereocenters. The predicted octanol–water partition coefficient (Wildman–Crippen LogP) is -3.73. The molecule has 0 aliphatic rings. The Balaban J connectivity index is -0.000000270. The largest absolute Gasteiger partial charge is 2.00 e. The Morgan fingerprint density at radius 2 is 1.50 bits per heavy atom. The summed E-state index contributed by atoms with van der Waals surface area (Å²) in [5.41, 5.74) is 1.44. The second-order valence-electron chi connectivity index (χ2n) is 2.24. The normalized spacial score (nSPS) is 7.08. The van der Waals surface area contributed by atoms with Gasteiger partial charge in [-0.2, -0.15) is 0 Å². The summed E-state index contributed by atoms with van der Waals surface area (Å²) < 4.78 is 0. The minimum Gasteiger partial charge on any atom is -1.00 e. The molecule has 0 atom stereocenters. The third-order valence-electron chi connectivity index (χ3n) is 1.38. The van der Waals surface area contributed by atoms with E-state index in [0.717, 1.165) is 0 Å². The molecule has 0 nitrogen and oxygen atoms in total. The van der Waals surface area contributed by atoms with Crippen molar-refractivity contribution in [1.29, 1.82) is 0 Å². The minimum atomic E-state index is 0. The first-order valence-electron chi connectivity index (χ1n) is 3.47. The number of aryl methyl sites for hydroxylation is 1. The Morgan fingerprint density at radius 3 is 1.92 bits per heavy atom. The van der Waals surface area contributed by atoms with E-state index < -0.39 is 0 Å². The van der Waals surface area contributed by atoms with Crippen molar-refractivity contribution >= 4 is 23.1 Å². The van der Waals surface area contributed by atoms with E-state index in [0.29, 0.717) is 0 Å². The van der Waals surface area contributed by atoms with Crippen LogP contribution in [0.3, 0.4) is 0 Å². The second kappa shape index (κ2) is 11.6. The Hall–Kier alpha value is 0.566. The molecule has 1 aromatic rings. The molecule has 0 spiro atoms. The second-order valence-corrected chi connectivity index (χ2v) is 2.24. The molecule has 0 heterocycles. The molecule has 0 fully saturated rings. The molecule has 64 valence electrons. The minimum absolute atomic E-state index is 0. The van der Waals surface area contributed by atoms with Gasteiger partial charge in [0.1, 0.15) is 0 Å². The molecular weight excluding hydrogens is 203 g/mol. The summed E-state index contributed by atoms with van der Waals surface area (Å²) in [7, 11) is 0. The summed E-state index contributed by atoms with van der Waals surface area (Å²) in [5, 5.41) is 0. The van der Waals surface area contributed by atoms with Gasteiger partial charge < -0.3 is 24.8 Å². The van der Waals surface area contributed by atoms with Crippen LogP contribution in [-0.2, 0) is 6.42 Å². The maximum absolute atomic E-state index is 2.20.